The summed E-state index contributed by atoms with van der Waals surface area (Å²) in [6.07, 6.45) is 9.86. The first kappa shape index (κ1) is 28.6. The van der Waals surface area contributed by atoms with E-state index in [1.165, 1.54) is 24.0 Å². The van der Waals surface area contributed by atoms with Gasteiger partial charge in [0.25, 0.3) is 0 Å². The maximum atomic E-state index is 14.2. The summed E-state index contributed by atoms with van der Waals surface area (Å²) in [5, 5.41) is 12.8. The molecule has 4 rings (SSSR count). The third-order valence-corrected chi connectivity index (χ3v) is 8.83. The predicted molar refractivity (Wildman–Crippen MR) is 149 cm³/mol. The minimum atomic E-state index is -0.609. The molecule has 38 heavy (non-hydrogen) atoms. The maximum absolute atomic E-state index is 14.2. The first-order chi connectivity index (χ1) is 18.4. The van der Waals surface area contributed by atoms with Crippen LogP contribution in [0.15, 0.2) is 24.3 Å². The van der Waals surface area contributed by atoms with Crippen LogP contribution in [0.4, 0.5) is 0 Å². The van der Waals surface area contributed by atoms with Crippen LogP contribution in [0.1, 0.15) is 88.8 Å². The van der Waals surface area contributed by atoms with Crippen LogP contribution in [-0.2, 0) is 20.8 Å². The number of amides is 3. The summed E-state index contributed by atoms with van der Waals surface area (Å²) < 4.78 is 0. The highest BCUT2D eigenvalue weighted by Gasteiger charge is 2.44. The van der Waals surface area contributed by atoms with Crippen molar-refractivity contribution in [2.75, 3.05) is 20.1 Å². The molecule has 0 spiro atoms. The first-order valence-corrected chi connectivity index (χ1v) is 14.8. The van der Waals surface area contributed by atoms with E-state index in [1.54, 1.807) is 18.9 Å². The average Bonchev–Trinajstić information content (AvgIpc) is 3.17. The zero-order valence-corrected chi connectivity index (χ0v) is 23.4. The third kappa shape index (κ3) is 6.75. The highest BCUT2D eigenvalue weighted by atomic mass is 16.2. The Balaban J connectivity index is 1.55. The summed E-state index contributed by atoms with van der Waals surface area (Å²) in [4.78, 5) is 42.7. The second-order valence-electron chi connectivity index (χ2n) is 11.4. The molecule has 210 valence electrons. The van der Waals surface area contributed by atoms with E-state index in [1.807, 2.05) is 13.0 Å². The van der Waals surface area contributed by atoms with E-state index in [4.69, 9.17) is 0 Å². The molecule has 2 fully saturated rings. The van der Waals surface area contributed by atoms with Gasteiger partial charge >= 0.3 is 0 Å². The van der Waals surface area contributed by atoms with E-state index < -0.39 is 18.1 Å². The van der Waals surface area contributed by atoms with Gasteiger partial charge in [0.15, 0.2) is 0 Å². The van der Waals surface area contributed by atoms with Gasteiger partial charge in [0.1, 0.15) is 12.1 Å². The fraction of sp³-hybridized carbons (Fsp3) is 0.700. The molecule has 3 amide bonds. The third-order valence-electron chi connectivity index (χ3n) is 8.83. The van der Waals surface area contributed by atoms with Crippen molar-refractivity contribution in [1.29, 1.82) is 0 Å². The summed E-state index contributed by atoms with van der Waals surface area (Å²) in [6, 6.07) is 6.81. The molecule has 8 nitrogen and oxygen atoms in total. The zero-order valence-electron chi connectivity index (χ0n) is 23.4. The van der Waals surface area contributed by atoms with E-state index in [9.17, 15) is 14.4 Å². The second-order valence-corrected chi connectivity index (χ2v) is 11.4. The summed E-state index contributed by atoms with van der Waals surface area (Å²) in [5.74, 6) is -0.282. The molecule has 1 aromatic rings. The summed E-state index contributed by atoms with van der Waals surface area (Å²) >= 11 is 0. The molecular formula is C30H47N5O3. The number of benzene rings is 1. The number of carbonyl (C=O) groups is 3. The van der Waals surface area contributed by atoms with Crippen LogP contribution < -0.4 is 21.3 Å². The number of likely N-dealkylation sites (N-methyl/N-ethyl adjacent to an activating group) is 2. The number of rotatable bonds is 9. The number of hydrogen-bond donors (Lipinski definition) is 4. The van der Waals surface area contributed by atoms with Gasteiger partial charge in [0.05, 0.1) is 12.1 Å². The first-order valence-electron chi connectivity index (χ1n) is 14.8. The van der Waals surface area contributed by atoms with E-state index in [0.717, 1.165) is 51.5 Å². The zero-order chi connectivity index (χ0) is 27.1. The minimum Gasteiger partial charge on any atom is -0.347 e. The highest BCUT2D eigenvalue weighted by molar-refractivity contribution is 5.94. The van der Waals surface area contributed by atoms with Gasteiger partial charge in [0.2, 0.25) is 17.7 Å². The minimum absolute atomic E-state index is 0.0311. The van der Waals surface area contributed by atoms with Crippen molar-refractivity contribution in [3.63, 3.8) is 0 Å². The molecule has 4 N–H and O–H groups in total. The monoisotopic (exact) mass is 525 g/mol. The number of carbonyl (C=O) groups excluding carboxylic acids is 3. The highest BCUT2D eigenvalue weighted by Crippen LogP contribution is 2.32. The molecular weight excluding hydrogens is 478 g/mol. The van der Waals surface area contributed by atoms with Crippen LogP contribution in [0.5, 0.6) is 0 Å². The predicted octanol–water partition coefficient (Wildman–Crippen LogP) is 2.82. The Morgan fingerprint density at radius 1 is 1.03 bits per heavy atom. The van der Waals surface area contributed by atoms with Crippen molar-refractivity contribution in [3.8, 4) is 0 Å². The molecule has 8 heteroatoms. The molecule has 1 heterocycles. The Bertz CT molecular complexity index is 961. The van der Waals surface area contributed by atoms with Crippen LogP contribution in [0.25, 0.3) is 0 Å². The molecule has 1 saturated heterocycles. The molecule has 1 saturated carbocycles. The van der Waals surface area contributed by atoms with Crippen molar-refractivity contribution in [1.82, 2.24) is 26.2 Å². The lowest BCUT2D eigenvalue weighted by atomic mass is 9.87. The Labute approximate surface area is 228 Å². The molecule has 0 aromatic heterocycles. The Morgan fingerprint density at radius 2 is 1.76 bits per heavy atom. The molecule has 0 bridgehead atoms. The summed E-state index contributed by atoms with van der Waals surface area (Å²) in [5.41, 5.74) is 2.49. The van der Waals surface area contributed by atoms with Gasteiger partial charge in [-0.25, -0.2) is 0 Å². The molecule has 2 aliphatic carbocycles. The molecule has 5 atom stereocenters. The summed E-state index contributed by atoms with van der Waals surface area (Å²) in [7, 11) is 1.75. The molecule has 3 aliphatic rings. The largest absolute Gasteiger partial charge is 0.347 e. The topological polar surface area (TPSA) is 103 Å². The van der Waals surface area contributed by atoms with Crippen molar-refractivity contribution in [3.05, 3.63) is 35.4 Å². The van der Waals surface area contributed by atoms with Gasteiger partial charge in [-0.1, -0.05) is 56.9 Å². The van der Waals surface area contributed by atoms with Gasteiger partial charge in [-0.05, 0) is 76.1 Å². The second kappa shape index (κ2) is 13.6. The van der Waals surface area contributed by atoms with E-state index in [0.29, 0.717) is 13.0 Å². The quantitative estimate of drug-likeness (QED) is 0.372. The van der Waals surface area contributed by atoms with E-state index >= 15 is 0 Å². The molecule has 3 unspecified atom stereocenters. The molecule has 1 aliphatic heterocycles. The van der Waals surface area contributed by atoms with Crippen LogP contribution in [0, 0.1) is 5.92 Å². The van der Waals surface area contributed by atoms with Gasteiger partial charge in [-0.15, -0.1) is 0 Å². The normalized spacial score (nSPS) is 25.7. The smallest absolute Gasteiger partial charge is 0.246 e. The van der Waals surface area contributed by atoms with E-state index in [-0.39, 0.29) is 35.7 Å². The number of nitrogens with one attached hydrogen (secondary N) is 4. The molecule has 1 aromatic carbocycles. The fourth-order valence-corrected chi connectivity index (χ4v) is 6.55. The van der Waals surface area contributed by atoms with Crippen LogP contribution >= 0.6 is 0 Å². The van der Waals surface area contributed by atoms with Gasteiger partial charge < -0.3 is 26.2 Å². The van der Waals surface area contributed by atoms with Gasteiger partial charge in [-0.3, -0.25) is 14.4 Å². The van der Waals surface area contributed by atoms with Gasteiger partial charge in [0, 0.05) is 12.6 Å². The average molecular weight is 526 g/mol. The maximum Gasteiger partial charge on any atom is 0.246 e. The lowest BCUT2D eigenvalue weighted by Crippen LogP contribution is -2.58. The van der Waals surface area contributed by atoms with Crippen molar-refractivity contribution in [2.45, 2.75) is 108 Å². The van der Waals surface area contributed by atoms with Crippen LogP contribution in [0.3, 0.4) is 0 Å². The number of likely N-dealkylation sites (tertiary alicyclic amines) is 1. The van der Waals surface area contributed by atoms with Crippen molar-refractivity contribution < 1.29 is 14.4 Å². The number of hydrogen-bond acceptors (Lipinski definition) is 5. The van der Waals surface area contributed by atoms with E-state index in [2.05, 4.69) is 39.5 Å². The summed E-state index contributed by atoms with van der Waals surface area (Å²) in [6.45, 7) is 5.11. The van der Waals surface area contributed by atoms with Gasteiger partial charge in [-0.2, -0.15) is 0 Å². The van der Waals surface area contributed by atoms with Crippen molar-refractivity contribution >= 4 is 17.7 Å². The lowest BCUT2D eigenvalue weighted by Gasteiger charge is -2.34. The Morgan fingerprint density at radius 3 is 2.47 bits per heavy atom. The SMILES string of the molecule is CCNC1C[C@@H](C(=O)NC2CCCc3ccccc32)N(C(=O)[C@@H](NC(=O)C(C)NC)C2CCCCCC2)C1. The van der Waals surface area contributed by atoms with Crippen molar-refractivity contribution in [2.24, 2.45) is 5.92 Å². The Hall–Kier alpha value is -2.45. The number of nitrogens with zero attached hydrogens (tertiary/aromatic N) is 1. The number of fused-ring (bicyclic) bond motifs is 1. The fourth-order valence-electron chi connectivity index (χ4n) is 6.55. The van der Waals surface area contributed by atoms with Crippen LogP contribution in [-0.4, -0.2) is 66.9 Å². The standard InChI is InChI=1S/C30H47N5O3/c1-4-32-23-18-26(29(37)33-25-17-11-15-21-12-9-10-16-24(21)25)35(19-23)30(38)27(34-28(36)20(2)31-3)22-13-7-5-6-8-14-22/h9-10,12,16,20,22-23,25-27,31-32H,4-8,11,13-15,17-19H2,1-3H3,(H,33,37)(H,34,36)/t20?,23?,25?,26-,27-/m0/s1. The molecule has 0 radical (unpaired) electrons. The van der Waals surface area contributed by atoms with Crippen LogP contribution in [0.2, 0.25) is 0 Å². The number of aryl methyl sites for hydroxylation is 1. The lowest BCUT2D eigenvalue weighted by molar-refractivity contribution is -0.143. The Kier molecular flexibility index (Phi) is 10.2.